The highest BCUT2D eigenvalue weighted by Crippen LogP contribution is 2.35. The number of carbonyl (C=O) groups excluding carboxylic acids is 8. The van der Waals surface area contributed by atoms with Gasteiger partial charge in [-0.05, 0) is 234 Å². The van der Waals surface area contributed by atoms with Gasteiger partial charge in [0.15, 0.2) is 6.04 Å². The number of aliphatic hydroxyl groups is 2. The molecule has 0 saturated heterocycles. The Morgan fingerprint density at radius 3 is 1.18 bits per heavy atom. The summed E-state index contributed by atoms with van der Waals surface area (Å²) in [7, 11) is 6.11. The van der Waals surface area contributed by atoms with Crippen molar-refractivity contribution in [2.75, 3.05) is 98.5 Å². The van der Waals surface area contributed by atoms with E-state index in [1.807, 2.05) is 66.7 Å². The minimum atomic E-state index is -1.16. The lowest BCUT2D eigenvalue weighted by atomic mass is 10.1. The number of alkyl carbamates (subject to hydrolysis) is 3. The molecule has 0 aromatic heterocycles. The first-order chi connectivity index (χ1) is 58.1. The first-order valence-electron chi connectivity index (χ1n) is 39.0. The number of nitrogens with one attached hydrogen (secondary N) is 4. The maximum Gasteiger partial charge on any atom is 0.408 e. The smallest absolute Gasteiger partial charge is 0.408 e. The van der Waals surface area contributed by atoms with E-state index in [0.29, 0.717) is 24.5 Å². The number of ether oxygens (including phenoxy) is 7. The third kappa shape index (κ3) is 47.6. The average Bonchev–Trinajstić information content (AvgIpc) is 1.52. The standard InChI is InChI=1S/C19H28BrFN2O4.C18H26BrFN2O4.C12H23NO5.C11H13BrFNO2.C11H12BrNO2.C10H12BrFN2O2.C6H5BrFN.CH4/c1-18(2,3)26-11-14(22-17(25)27-19(4,5)6)16(24)23(7)15-10-12(20)8-9-13(15)21;1-17(2,3)25-10-14(22-16(24)26-18(4,5)6)15(23)21-13-9-11(19)7-8-12(13)20;1-11(2,3)17-7-8(9(14)15)13-10(16)18-12(4,5)6;1-7(6-15)11(16)14(2)10-5-8(12)3-4-9(10)13;1-7-6-15-10-4-3-8(12)5-9(10)13(2)11(7)14;1-14(10(16)8(13)5-15)9-4-6(11)2-3-7(9)12;7-4-1-2-5(8)6(9)3-4;/h8-10,14H,11H2,1-7H3,(H,22,25);7-9,14H,10H2,1-6H3,(H,21,23)(H,22,24);8H,7H2,1-6H3,(H,13,16)(H,14,15);3-5,7,15H,6H2,1-2H3;3-5,7H,6H2,1-2H3;2-4,8,15H,5,13H2,1H3;1-3H,9H2;1H4/t2*14-;8-;2*7-;8-;;/m000000../s1. The van der Waals surface area contributed by atoms with Crippen molar-refractivity contribution in [3.8, 4) is 5.75 Å². The molecule has 0 bridgehead atoms. The van der Waals surface area contributed by atoms with Gasteiger partial charge in [0.2, 0.25) is 23.6 Å². The summed E-state index contributed by atoms with van der Waals surface area (Å²) in [6.45, 7) is 34.7. The molecule has 0 saturated carbocycles. The number of benzene rings is 6. The summed E-state index contributed by atoms with van der Waals surface area (Å²) in [4.78, 5) is 112. The van der Waals surface area contributed by atoms with Gasteiger partial charge in [-0.1, -0.05) is 117 Å². The zero-order valence-corrected chi connectivity index (χ0v) is 85.1. The van der Waals surface area contributed by atoms with Crippen molar-refractivity contribution in [2.45, 2.75) is 204 Å². The number of nitrogens with two attached hydrogens (primary N) is 2. The molecule has 11 N–H and O–H groups in total. The number of anilines is 6. The van der Waals surface area contributed by atoms with Crippen LogP contribution in [0.15, 0.2) is 136 Å². The number of hydrogen-bond donors (Lipinski definition) is 9. The van der Waals surface area contributed by atoms with Gasteiger partial charge in [-0.2, -0.15) is 0 Å². The van der Waals surface area contributed by atoms with Crippen molar-refractivity contribution >= 4 is 183 Å². The van der Waals surface area contributed by atoms with Crippen molar-refractivity contribution in [1.82, 2.24) is 16.0 Å². The molecule has 716 valence electrons. The second-order valence-electron chi connectivity index (χ2n) is 34.1. The van der Waals surface area contributed by atoms with Crippen LogP contribution in [-0.2, 0) is 57.2 Å². The van der Waals surface area contributed by atoms with Gasteiger partial charge >= 0.3 is 24.2 Å². The van der Waals surface area contributed by atoms with E-state index < -0.39 is 136 Å². The van der Waals surface area contributed by atoms with Gasteiger partial charge in [0.1, 0.15) is 69.8 Å². The van der Waals surface area contributed by atoms with Gasteiger partial charge in [0, 0.05) is 55.0 Å². The third-order valence-electron chi connectivity index (χ3n) is 15.7. The lowest BCUT2D eigenvalue weighted by Gasteiger charge is -2.29. The average molecular weight is 2200 g/mol. The number of nitrogens with zero attached hydrogens (tertiary/aromatic N) is 4. The lowest BCUT2D eigenvalue weighted by molar-refractivity contribution is -0.142. The van der Waals surface area contributed by atoms with Gasteiger partial charge in [-0.3, -0.25) is 24.0 Å². The summed E-state index contributed by atoms with van der Waals surface area (Å²) in [5.74, 6) is -5.46. The molecule has 29 nitrogen and oxygen atoms in total. The van der Waals surface area contributed by atoms with E-state index in [0.717, 1.165) is 30.2 Å². The van der Waals surface area contributed by atoms with Crippen molar-refractivity contribution in [2.24, 2.45) is 17.6 Å². The summed E-state index contributed by atoms with van der Waals surface area (Å²) in [6.07, 6.45) is -2.28. The number of halogens is 11. The Labute approximate surface area is 797 Å². The molecular weight excluding hydrogens is 2080 g/mol. The van der Waals surface area contributed by atoms with Crippen molar-refractivity contribution < 1.29 is 114 Å². The Kier molecular flexibility index (Phi) is 51.1. The first-order valence-corrected chi connectivity index (χ1v) is 43.8. The fourth-order valence-electron chi connectivity index (χ4n) is 9.37. The molecule has 40 heteroatoms. The molecular formula is C88H123Br6F5N10O19. The van der Waals surface area contributed by atoms with Crippen LogP contribution in [0, 0.1) is 40.9 Å². The van der Waals surface area contributed by atoms with Crippen LogP contribution in [0.4, 0.5) is 70.5 Å². The SMILES string of the molecule is C.CC(C)(C)OC[C@H](NC(=O)OC(C)(C)C)C(=O)Nc1cc(Br)ccc1F.CC(C)(C)OC[C@H](NC(=O)OC(C)(C)C)C(=O)O.CN(C(=O)[C@@H](N)CO)c1cc(Br)ccc1F.CN(C(=O)[C@H](COC(C)(C)C)NC(=O)OC(C)(C)C)c1cc(Br)ccc1F.C[C@@H](CO)C(=O)N(C)c1cc(Br)ccc1F.C[C@H]1COc2ccc(Br)cc2N(C)C1=O.Nc1cc(Br)ccc1F. The number of aliphatic carboxylic acids is 1. The second kappa shape index (κ2) is 54.6. The largest absolute Gasteiger partial charge is 0.491 e. The van der Waals surface area contributed by atoms with Gasteiger partial charge < -0.3 is 101 Å². The monoisotopic (exact) mass is 2190 g/mol. The molecule has 6 aromatic carbocycles. The Hall–Kier alpha value is -8.16. The highest BCUT2D eigenvalue weighted by atomic mass is 79.9. The van der Waals surface area contributed by atoms with E-state index in [-0.39, 0.29) is 85.8 Å². The summed E-state index contributed by atoms with van der Waals surface area (Å²) in [5, 5.41) is 36.3. The minimum Gasteiger partial charge on any atom is -0.491 e. The van der Waals surface area contributed by atoms with Crippen LogP contribution >= 0.6 is 95.6 Å². The Bertz CT molecular complexity index is 4570. The van der Waals surface area contributed by atoms with Crippen LogP contribution in [0.25, 0.3) is 0 Å². The molecule has 1 heterocycles. The number of carboxylic acid groups (broad SMARTS) is 1. The molecule has 0 unspecified atom stereocenters. The van der Waals surface area contributed by atoms with Crippen LogP contribution in [0.1, 0.15) is 146 Å². The lowest BCUT2D eigenvalue weighted by Crippen LogP contribution is -2.52. The van der Waals surface area contributed by atoms with Crippen LogP contribution in [0.5, 0.6) is 5.75 Å². The molecule has 128 heavy (non-hydrogen) atoms. The molecule has 7 rings (SSSR count). The second-order valence-corrected chi connectivity index (χ2v) is 39.6. The number of rotatable bonds is 20. The van der Waals surface area contributed by atoms with E-state index in [2.05, 4.69) is 117 Å². The molecule has 6 aromatic rings. The molecule has 0 fully saturated rings. The Balaban J connectivity index is 0.00000150. The molecule has 1 aliphatic heterocycles. The molecule has 0 radical (unpaired) electrons. The van der Waals surface area contributed by atoms with Crippen LogP contribution in [-0.4, -0.2) is 195 Å². The maximum absolute atomic E-state index is 14.1. The van der Waals surface area contributed by atoms with Gasteiger partial charge in [-0.15, -0.1) is 0 Å². The molecule has 1 aliphatic rings. The number of nitrogen functional groups attached to an aromatic ring is 1. The van der Waals surface area contributed by atoms with E-state index >= 15 is 0 Å². The highest BCUT2D eigenvalue weighted by molar-refractivity contribution is 9.11. The Morgan fingerprint density at radius 1 is 0.484 bits per heavy atom. The predicted octanol–water partition coefficient (Wildman–Crippen LogP) is 18.6. The normalized spacial score (nSPS) is 13.5. The van der Waals surface area contributed by atoms with Gasteiger partial charge in [0.05, 0.1) is 102 Å². The van der Waals surface area contributed by atoms with Crippen LogP contribution in [0.3, 0.4) is 0 Å². The van der Waals surface area contributed by atoms with Crippen molar-refractivity contribution in [3.05, 3.63) is 165 Å². The number of carbonyl (C=O) groups is 9. The van der Waals surface area contributed by atoms with Gasteiger partial charge in [-0.25, -0.2) is 41.1 Å². The zero-order chi connectivity index (χ0) is 98.1. The zero-order valence-electron chi connectivity index (χ0n) is 75.6. The number of amides is 8. The minimum absolute atomic E-state index is 0. The number of carboxylic acids is 1. The van der Waals surface area contributed by atoms with Crippen LogP contribution in [0.2, 0.25) is 0 Å². The topological polar surface area (TPSA) is 392 Å². The molecule has 0 spiro atoms. The van der Waals surface area contributed by atoms with E-state index in [9.17, 15) is 65.1 Å². The third-order valence-corrected chi connectivity index (χ3v) is 18.7. The predicted molar refractivity (Wildman–Crippen MR) is 508 cm³/mol. The summed E-state index contributed by atoms with van der Waals surface area (Å²) >= 11 is 19.4. The fraction of sp³-hybridized carbons (Fsp3) is 0.489. The quantitative estimate of drug-likeness (QED) is 0.0195. The summed E-state index contributed by atoms with van der Waals surface area (Å²) in [5.41, 5.74) is 8.35. The molecule has 0 aliphatic carbocycles. The van der Waals surface area contributed by atoms with Crippen molar-refractivity contribution in [1.29, 1.82) is 0 Å². The fourth-order valence-corrected chi connectivity index (χ4v) is 11.5. The number of fused-ring (bicyclic) bond motifs is 1. The van der Waals surface area contributed by atoms with Gasteiger partial charge in [0.25, 0.3) is 5.91 Å². The number of hydrogen-bond acceptors (Lipinski definition) is 20. The van der Waals surface area contributed by atoms with E-state index in [4.69, 9.17) is 59.9 Å². The summed E-state index contributed by atoms with van der Waals surface area (Å²) < 4.78 is 109. The molecule has 8 amide bonds. The number of aliphatic hydroxyl groups excluding tert-OH is 2. The first kappa shape index (κ1) is 120. The van der Waals surface area contributed by atoms with Crippen molar-refractivity contribution in [3.63, 3.8) is 0 Å². The Morgan fingerprint density at radius 2 is 0.812 bits per heavy atom. The van der Waals surface area contributed by atoms with Crippen LogP contribution < -0.4 is 57.1 Å². The highest BCUT2D eigenvalue weighted by Gasteiger charge is 2.34. The maximum atomic E-state index is 14.1. The molecule has 6 atom stereocenters. The van der Waals surface area contributed by atoms with E-state index in [1.54, 1.807) is 114 Å². The summed E-state index contributed by atoms with van der Waals surface area (Å²) in [6, 6.07) is 22.9. The number of likely N-dealkylation sites (N-methyl/N-ethyl adjacent to an activating group) is 2. The van der Waals surface area contributed by atoms with E-state index in [1.165, 1.54) is 105 Å².